The van der Waals surface area contributed by atoms with Gasteiger partial charge in [-0.3, -0.25) is 0 Å². The molecule has 0 radical (unpaired) electrons. The summed E-state index contributed by atoms with van der Waals surface area (Å²) in [4.78, 5) is 0. The fourth-order valence-corrected chi connectivity index (χ4v) is 1.57. The number of aliphatic hydroxyl groups excluding tert-OH is 2. The Morgan fingerprint density at radius 2 is 1.80 bits per heavy atom. The van der Waals surface area contributed by atoms with E-state index in [1.807, 2.05) is 13.8 Å². The zero-order chi connectivity index (χ0) is 8.15. The van der Waals surface area contributed by atoms with Crippen molar-refractivity contribution in [1.82, 2.24) is 0 Å². The predicted molar refractivity (Wildman–Crippen MR) is 45.3 cm³/mol. The summed E-state index contributed by atoms with van der Waals surface area (Å²) in [5, 5.41) is 18.2. The van der Waals surface area contributed by atoms with Crippen LogP contribution in [0.5, 0.6) is 0 Å². The molecular weight excluding hydrogens is 148 g/mol. The lowest BCUT2D eigenvalue weighted by Crippen LogP contribution is -2.19. The lowest BCUT2D eigenvalue weighted by molar-refractivity contribution is 0.196. The summed E-state index contributed by atoms with van der Waals surface area (Å²) in [5.74, 6) is 0. The molecule has 0 aliphatic carbocycles. The van der Waals surface area contributed by atoms with Crippen LogP contribution in [-0.4, -0.2) is 33.4 Å². The van der Waals surface area contributed by atoms with Gasteiger partial charge in [0.25, 0.3) is 0 Å². The van der Waals surface area contributed by atoms with Crippen molar-refractivity contribution in [1.29, 1.82) is 0 Å². The van der Waals surface area contributed by atoms with Gasteiger partial charge in [-0.1, -0.05) is 13.8 Å². The highest BCUT2D eigenvalue weighted by Gasteiger charge is 2.12. The molecule has 2 N–H and O–H groups in total. The van der Waals surface area contributed by atoms with Gasteiger partial charge in [-0.2, -0.15) is 11.8 Å². The topological polar surface area (TPSA) is 40.5 Å². The summed E-state index contributed by atoms with van der Waals surface area (Å²) < 4.78 is 0. The first-order valence-electron chi connectivity index (χ1n) is 3.52. The van der Waals surface area contributed by atoms with Crippen LogP contribution in [0.4, 0.5) is 0 Å². The Kier molecular flexibility index (Phi) is 5.13. The minimum absolute atomic E-state index is 0.182. The smallest absolute Gasteiger partial charge is 0.0628 e. The van der Waals surface area contributed by atoms with Gasteiger partial charge in [-0.25, -0.2) is 0 Å². The van der Waals surface area contributed by atoms with Crippen LogP contribution in [0.15, 0.2) is 0 Å². The predicted octanol–water partition coefficient (Wildman–Crippen LogP) is 0.870. The van der Waals surface area contributed by atoms with Crippen LogP contribution in [0, 0.1) is 0 Å². The largest absolute Gasteiger partial charge is 0.395 e. The first-order valence-corrected chi connectivity index (χ1v) is 4.46. The molecule has 62 valence electrons. The van der Waals surface area contributed by atoms with E-state index in [4.69, 9.17) is 10.2 Å². The number of hydrogen-bond donors (Lipinski definition) is 2. The maximum absolute atomic E-state index is 9.06. The molecule has 10 heavy (non-hydrogen) atoms. The molecule has 0 bridgehead atoms. The molecule has 0 aliphatic rings. The van der Waals surface area contributed by atoms with Gasteiger partial charge in [0.2, 0.25) is 0 Å². The minimum atomic E-state index is -0.293. The van der Waals surface area contributed by atoms with Crippen LogP contribution in [-0.2, 0) is 0 Å². The Bertz CT molecular complexity index is 85.7. The van der Waals surface area contributed by atoms with E-state index in [-0.39, 0.29) is 23.2 Å². The molecule has 0 aromatic heterocycles. The zero-order valence-corrected chi connectivity index (χ0v) is 7.56. The molecule has 0 rings (SSSR count). The number of hydrogen-bond acceptors (Lipinski definition) is 3. The number of aliphatic hydroxyl groups is 2. The third-order valence-electron chi connectivity index (χ3n) is 1.38. The van der Waals surface area contributed by atoms with Gasteiger partial charge in [0.05, 0.1) is 12.7 Å². The molecule has 3 unspecified atom stereocenters. The lowest BCUT2D eigenvalue weighted by Gasteiger charge is -2.17. The van der Waals surface area contributed by atoms with E-state index < -0.39 is 0 Å². The van der Waals surface area contributed by atoms with Gasteiger partial charge in [-0.15, -0.1) is 0 Å². The van der Waals surface area contributed by atoms with Crippen LogP contribution in [0.25, 0.3) is 0 Å². The molecule has 2 nitrogen and oxygen atoms in total. The van der Waals surface area contributed by atoms with Crippen molar-refractivity contribution < 1.29 is 10.2 Å². The molecule has 0 fully saturated rings. The van der Waals surface area contributed by atoms with Crippen molar-refractivity contribution in [2.45, 2.75) is 37.4 Å². The number of thioether (sulfide) groups is 1. The first kappa shape index (κ1) is 10.3. The number of rotatable bonds is 4. The van der Waals surface area contributed by atoms with E-state index in [1.54, 1.807) is 18.7 Å². The average molecular weight is 164 g/mol. The van der Waals surface area contributed by atoms with E-state index in [0.717, 1.165) is 0 Å². The second-order valence-corrected chi connectivity index (χ2v) is 4.40. The first-order chi connectivity index (χ1) is 4.57. The molecule has 0 aliphatic heterocycles. The SMILES string of the molecule is CC(CO)SC(C)C(C)O. The van der Waals surface area contributed by atoms with Gasteiger partial charge in [0.15, 0.2) is 0 Å². The fraction of sp³-hybridized carbons (Fsp3) is 1.00. The Hall–Kier alpha value is 0.270. The van der Waals surface area contributed by atoms with E-state index in [0.29, 0.717) is 0 Å². The molecule has 0 aromatic carbocycles. The molecule has 3 atom stereocenters. The molecule has 3 heteroatoms. The van der Waals surface area contributed by atoms with Gasteiger partial charge in [-0.05, 0) is 6.92 Å². The van der Waals surface area contributed by atoms with Crippen molar-refractivity contribution in [3.8, 4) is 0 Å². The van der Waals surface area contributed by atoms with E-state index in [1.165, 1.54) is 0 Å². The van der Waals surface area contributed by atoms with Crippen LogP contribution in [0.1, 0.15) is 20.8 Å². The highest BCUT2D eigenvalue weighted by atomic mass is 32.2. The van der Waals surface area contributed by atoms with Gasteiger partial charge < -0.3 is 10.2 Å². The average Bonchev–Trinajstić information content (AvgIpc) is 1.87. The van der Waals surface area contributed by atoms with Crippen molar-refractivity contribution in [3.63, 3.8) is 0 Å². The zero-order valence-electron chi connectivity index (χ0n) is 6.74. The summed E-state index contributed by atoms with van der Waals surface area (Å²) >= 11 is 1.61. The molecule has 0 amide bonds. The van der Waals surface area contributed by atoms with Gasteiger partial charge in [0, 0.05) is 10.5 Å². The minimum Gasteiger partial charge on any atom is -0.395 e. The van der Waals surface area contributed by atoms with Gasteiger partial charge in [0.1, 0.15) is 0 Å². The third kappa shape index (κ3) is 4.14. The fourth-order valence-electron chi connectivity index (χ4n) is 0.523. The van der Waals surface area contributed by atoms with Crippen molar-refractivity contribution in [2.75, 3.05) is 6.61 Å². The summed E-state index contributed by atoms with van der Waals surface area (Å²) in [6, 6.07) is 0. The molecule has 0 aromatic rings. The summed E-state index contributed by atoms with van der Waals surface area (Å²) in [6.45, 7) is 5.86. The van der Waals surface area contributed by atoms with Crippen molar-refractivity contribution >= 4 is 11.8 Å². The summed E-state index contributed by atoms with van der Waals surface area (Å²) in [6.07, 6.45) is -0.293. The highest BCUT2D eigenvalue weighted by Crippen LogP contribution is 2.19. The van der Waals surface area contributed by atoms with Crippen LogP contribution in [0.2, 0.25) is 0 Å². The van der Waals surface area contributed by atoms with E-state index >= 15 is 0 Å². The Morgan fingerprint density at radius 3 is 2.10 bits per heavy atom. The third-order valence-corrected chi connectivity index (χ3v) is 2.82. The maximum Gasteiger partial charge on any atom is 0.0628 e. The maximum atomic E-state index is 9.06. The van der Waals surface area contributed by atoms with E-state index in [2.05, 4.69) is 0 Å². The molecule has 0 saturated carbocycles. The molecular formula is C7H16O2S. The van der Waals surface area contributed by atoms with Crippen LogP contribution < -0.4 is 0 Å². The summed E-state index contributed by atoms with van der Waals surface area (Å²) in [7, 11) is 0. The second kappa shape index (κ2) is 4.99. The van der Waals surface area contributed by atoms with Gasteiger partial charge >= 0.3 is 0 Å². The standard InChI is InChI=1S/C7H16O2S/c1-5(4-8)10-7(3)6(2)9/h5-9H,4H2,1-3H3. The quantitative estimate of drug-likeness (QED) is 0.647. The Morgan fingerprint density at radius 1 is 1.30 bits per heavy atom. The summed E-state index contributed by atoms with van der Waals surface area (Å²) in [5.41, 5.74) is 0. The van der Waals surface area contributed by atoms with Crippen molar-refractivity contribution in [2.24, 2.45) is 0 Å². The van der Waals surface area contributed by atoms with E-state index in [9.17, 15) is 0 Å². The molecule has 0 saturated heterocycles. The monoisotopic (exact) mass is 164 g/mol. The normalized spacial score (nSPS) is 20.1. The highest BCUT2D eigenvalue weighted by molar-refractivity contribution is 8.00. The lowest BCUT2D eigenvalue weighted by atomic mass is 10.3. The Balaban J connectivity index is 3.46. The molecule has 0 heterocycles. The van der Waals surface area contributed by atoms with Crippen molar-refractivity contribution in [3.05, 3.63) is 0 Å². The second-order valence-electron chi connectivity index (χ2n) is 2.57. The molecule has 0 spiro atoms. The van der Waals surface area contributed by atoms with Crippen LogP contribution in [0.3, 0.4) is 0 Å². The van der Waals surface area contributed by atoms with Crippen LogP contribution >= 0.6 is 11.8 Å². The Labute approximate surface area is 66.6 Å².